The zero-order chi connectivity index (χ0) is 18.8. The standard InChI is InChI=1S/C22H22N2O3/c1-16-6-2-3-8-18(16)15-23-10-12-24(13-11-23)21(25)19-14-17-7-4-5-9-20(17)27-22(19)26/h2-9,14H,10-13,15H2,1H3. The molecule has 1 aliphatic rings. The average molecular weight is 362 g/mol. The van der Waals surface area contributed by atoms with Crippen molar-refractivity contribution in [3.8, 4) is 0 Å². The van der Waals surface area contributed by atoms with E-state index in [1.165, 1.54) is 11.1 Å². The first-order chi connectivity index (χ1) is 13.1. The molecule has 4 rings (SSSR count). The maximum atomic E-state index is 12.8. The number of carbonyl (C=O) groups is 1. The Morgan fingerprint density at radius 1 is 1.00 bits per heavy atom. The van der Waals surface area contributed by atoms with Gasteiger partial charge in [-0.2, -0.15) is 0 Å². The van der Waals surface area contributed by atoms with Crippen molar-refractivity contribution in [2.75, 3.05) is 26.2 Å². The number of nitrogens with zero attached hydrogens (tertiary/aromatic N) is 2. The minimum Gasteiger partial charge on any atom is -0.422 e. The van der Waals surface area contributed by atoms with Gasteiger partial charge in [-0.25, -0.2) is 4.79 Å². The molecule has 5 nitrogen and oxygen atoms in total. The number of rotatable bonds is 3. The first kappa shape index (κ1) is 17.5. The topological polar surface area (TPSA) is 53.8 Å². The highest BCUT2D eigenvalue weighted by Gasteiger charge is 2.25. The van der Waals surface area contributed by atoms with Crippen molar-refractivity contribution in [1.82, 2.24) is 9.80 Å². The number of benzene rings is 2. The molecule has 1 fully saturated rings. The lowest BCUT2D eigenvalue weighted by atomic mass is 10.1. The number of hydrogen-bond donors (Lipinski definition) is 0. The Morgan fingerprint density at radius 2 is 1.70 bits per heavy atom. The normalized spacial score (nSPS) is 15.2. The van der Waals surface area contributed by atoms with E-state index in [0.29, 0.717) is 18.7 Å². The highest BCUT2D eigenvalue weighted by atomic mass is 16.4. The maximum absolute atomic E-state index is 12.8. The fourth-order valence-electron chi connectivity index (χ4n) is 3.52. The summed E-state index contributed by atoms with van der Waals surface area (Å²) in [7, 11) is 0. The van der Waals surface area contributed by atoms with Crippen LogP contribution in [0.25, 0.3) is 11.0 Å². The molecule has 0 saturated carbocycles. The second-order valence-electron chi connectivity index (χ2n) is 6.98. The smallest absolute Gasteiger partial charge is 0.349 e. The first-order valence-electron chi connectivity index (χ1n) is 9.21. The van der Waals surface area contributed by atoms with Crippen molar-refractivity contribution >= 4 is 16.9 Å². The van der Waals surface area contributed by atoms with Gasteiger partial charge in [-0.1, -0.05) is 42.5 Å². The van der Waals surface area contributed by atoms with E-state index in [-0.39, 0.29) is 11.5 Å². The lowest BCUT2D eigenvalue weighted by Crippen LogP contribution is -2.49. The van der Waals surface area contributed by atoms with Gasteiger partial charge < -0.3 is 9.32 Å². The molecule has 1 aromatic heterocycles. The van der Waals surface area contributed by atoms with Crippen LogP contribution in [0.1, 0.15) is 21.5 Å². The van der Waals surface area contributed by atoms with E-state index in [4.69, 9.17) is 4.42 Å². The minimum atomic E-state index is -0.568. The second-order valence-corrected chi connectivity index (χ2v) is 6.98. The third-order valence-corrected chi connectivity index (χ3v) is 5.19. The fraction of sp³-hybridized carbons (Fsp3) is 0.273. The minimum absolute atomic E-state index is 0.112. The summed E-state index contributed by atoms with van der Waals surface area (Å²) in [4.78, 5) is 29.2. The number of aryl methyl sites for hydroxylation is 1. The summed E-state index contributed by atoms with van der Waals surface area (Å²) in [5.74, 6) is -0.245. The van der Waals surface area contributed by atoms with Crippen LogP contribution in [0.15, 0.2) is 63.8 Å². The van der Waals surface area contributed by atoms with Crippen LogP contribution in [0.4, 0.5) is 0 Å². The summed E-state index contributed by atoms with van der Waals surface area (Å²) >= 11 is 0. The van der Waals surface area contributed by atoms with Gasteiger partial charge in [0.2, 0.25) is 0 Å². The van der Waals surface area contributed by atoms with Gasteiger partial charge in [0.05, 0.1) is 0 Å². The van der Waals surface area contributed by atoms with E-state index < -0.39 is 5.63 Å². The summed E-state index contributed by atoms with van der Waals surface area (Å²) in [6.07, 6.45) is 0. The van der Waals surface area contributed by atoms with Crippen molar-refractivity contribution in [2.45, 2.75) is 13.5 Å². The quantitative estimate of drug-likeness (QED) is 0.672. The first-order valence-corrected chi connectivity index (χ1v) is 9.21. The highest BCUT2D eigenvalue weighted by Crippen LogP contribution is 2.16. The van der Waals surface area contributed by atoms with Gasteiger partial charge in [0.1, 0.15) is 11.1 Å². The van der Waals surface area contributed by atoms with Crippen LogP contribution in [0.2, 0.25) is 0 Å². The van der Waals surface area contributed by atoms with Crippen molar-refractivity contribution in [3.63, 3.8) is 0 Å². The van der Waals surface area contributed by atoms with Crippen LogP contribution >= 0.6 is 0 Å². The lowest BCUT2D eigenvalue weighted by Gasteiger charge is -2.34. The molecular formula is C22H22N2O3. The van der Waals surface area contributed by atoms with Gasteiger partial charge in [0.15, 0.2) is 0 Å². The molecule has 0 bridgehead atoms. The van der Waals surface area contributed by atoms with Gasteiger partial charge in [0.25, 0.3) is 5.91 Å². The summed E-state index contributed by atoms with van der Waals surface area (Å²) in [5, 5.41) is 0.763. The zero-order valence-corrected chi connectivity index (χ0v) is 15.4. The molecule has 3 aromatic rings. The molecule has 1 aliphatic heterocycles. The Kier molecular flexibility index (Phi) is 4.77. The van der Waals surface area contributed by atoms with Crippen molar-refractivity contribution in [1.29, 1.82) is 0 Å². The Morgan fingerprint density at radius 3 is 2.48 bits per heavy atom. The molecule has 0 spiro atoms. The molecule has 0 unspecified atom stereocenters. The Bertz CT molecular complexity index is 1030. The van der Waals surface area contributed by atoms with E-state index in [9.17, 15) is 9.59 Å². The summed E-state index contributed by atoms with van der Waals surface area (Å²) < 4.78 is 5.30. The molecule has 2 aromatic carbocycles. The number of hydrogen-bond acceptors (Lipinski definition) is 4. The molecular weight excluding hydrogens is 340 g/mol. The molecule has 2 heterocycles. The van der Waals surface area contributed by atoms with Crippen LogP contribution < -0.4 is 5.63 Å². The molecule has 0 aliphatic carbocycles. The van der Waals surface area contributed by atoms with E-state index in [1.807, 2.05) is 18.2 Å². The van der Waals surface area contributed by atoms with Crippen LogP contribution in [-0.4, -0.2) is 41.9 Å². The predicted octanol–water partition coefficient (Wildman–Crippen LogP) is 3.06. The third kappa shape index (κ3) is 3.64. The Balaban J connectivity index is 1.45. The average Bonchev–Trinajstić information content (AvgIpc) is 2.69. The maximum Gasteiger partial charge on any atom is 0.349 e. The van der Waals surface area contributed by atoms with E-state index in [1.54, 1.807) is 23.1 Å². The lowest BCUT2D eigenvalue weighted by molar-refractivity contribution is 0.0624. The molecule has 138 valence electrons. The molecule has 1 amide bonds. The molecule has 27 heavy (non-hydrogen) atoms. The van der Waals surface area contributed by atoms with E-state index in [2.05, 4.69) is 30.0 Å². The van der Waals surface area contributed by atoms with Crippen molar-refractivity contribution in [3.05, 3.63) is 81.7 Å². The van der Waals surface area contributed by atoms with Gasteiger partial charge in [-0.05, 0) is 30.2 Å². The predicted molar refractivity (Wildman–Crippen MR) is 105 cm³/mol. The Hall–Kier alpha value is -2.92. The molecule has 1 saturated heterocycles. The highest BCUT2D eigenvalue weighted by molar-refractivity contribution is 5.96. The zero-order valence-electron chi connectivity index (χ0n) is 15.4. The van der Waals surface area contributed by atoms with Crippen molar-refractivity contribution < 1.29 is 9.21 Å². The van der Waals surface area contributed by atoms with E-state index >= 15 is 0 Å². The van der Waals surface area contributed by atoms with Gasteiger partial charge >= 0.3 is 5.63 Å². The summed E-state index contributed by atoms with van der Waals surface area (Å²) in [6.45, 7) is 5.80. The van der Waals surface area contributed by atoms with Crippen molar-refractivity contribution in [2.24, 2.45) is 0 Å². The second kappa shape index (κ2) is 7.37. The summed E-state index contributed by atoms with van der Waals surface area (Å²) in [6, 6.07) is 17.3. The van der Waals surface area contributed by atoms with E-state index in [0.717, 1.165) is 25.0 Å². The van der Waals surface area contributed by atoms with Crippen LogP contribution in [-0.2, 0) is 6.54 Å². The van der Waals surface area contributed by atoms with Crippen LogP contribution in [0.5, 0.6) is 0 Å². The number of piperazine rings is 1. The number of amides is 1. The fourth-order valence-corrected chi connectivity index (χ4v) is 3.52. The SMILES string of the molecule is Cc1ccccc1CN1CCN(C(=O)c2cc3ccccc3oc2=O)CC1. The number of fused-ring (bicyclic) bond motifs is 1. The molecule has 0 atom stereocenters. The molecule has 0 N–H and O–H groups in total. The third-order valence-electron chi connectivity index (χ3n) is 5.19. The largest absolute Gasteiger partial charge is 0.422 e. The number of para-hydroxylation sites is 1. The van der Waals surface area contributed by atoms with Gasteiger partial charge in [-0.15, -0.1) is 0 Å². The summed E-state index contributed by atoms with van der Waals surface area (Å²) in [5.41, 5.74) is 2.64. The Labute approximate surface area is 157 Å². The van der Waals surface area contributed by atoms with Crippen LogP contribution in [0.3, 0.4) is 0 Å². The van der Waals surface area contributed by atoms with Gasteiger partial charge in [-0.3, -0.25) is 9.69 Å². The number of carbonyl (C=O) groups excluding carboxylic acids is 1. The molecule has 5 heteroatoms. The monoisotopic (exact) mass is 362 g/mol. The van der Waals surface area contributed by atoms with Gasteiger partial charge in [0, 0.05) is 38.1 Å². The molecule has 0 radical (unpaired) electrons. The van der Waals surface area contributed by atoms with Crippen LogP contribution in [0, 0.1) is 6.92 Å².